The monoisotopic (exact) mass is 302 g/mol. The molecule has 9 heteroatoms. The van der Waals surface area contributed by atoms with Gasteiger partial charge in [-0.2, -0.15) is 0 Å². The van der Waals surface area contributed by atoms with Crippen LogP contribution >= 0.6 is 0 Å². The van der Waals surface area contributed by atoms with Crippen molar-refractivity contribution in [3.8, 4) is 0 Å². The highest BCUT2D eigenvalue weighted by Crippen LogP contribution is 2.23. The van der Waals surface area contributed by atoms with Gasteiger partial charge in [0.25, 0.3) is 11.6 Å². The summed E-state index contributed by atoms with van der Waals surface area (Å²) < 4.78 is 30.6. The van der Waals surface area contributed by atoms with Crippen molar-refractivity contribution in [2.24, 2.45) is 0 Å². The summed E-state index contributed by atoms with van der Waals surface area (Å²) in [6, 6.07) is 0.700. The molecular formula is C12H12F2N2O5. The van der Waals surface area contributed by atoms with Gasteiger partial charge in [0, 0.05) is 0 Å². The Bertz CT molecular complexity index is 616. The van der Waals surface area contributed by atoms with Gasteiger partial charge in [0.2, 0.25) is 0 Å². The molecule has 0 saturated carbocycles. The molecular weight excluding hydrogens is 290 g/mol. The predicted molar refractivity (Wildman–Crippen MR) is 66.6 cm³/mol. The fourth-order valence-corrected chi connectivity index (χ4v) is 1.53. The zero-order chi connectivity index (χ0) is 16.4. The number of nitro benzene ring substituents is 1. The average Bonchev–Trinajstić information content (AvgIpc) is 2.39. The number of rotatable bonds is 4. The number of ether oxygens (including phenoxy) is 1. The molecule has 0 bridgehead atoms. The third-order valence-corrected chi connectivity index (χ3v) is 2.60. The Kier molecular flexibility index (Phi) is 4.56. The van der Waals surface area contributed by atoms with Crippen LogP contribution < -0.4 is 5.32 Å². The lowest BCUT2D eigenvalue weighted by Crippen LogP contribution is -2.50. The maximum Gasteiger partial charge on any atom is 0.330 e. The molecule has 0 unspecified atom stereocenters. The summed E-state index contributed by atoms with van der Waals surface area (Å²) in [5, 5.41) is 12.9. The minimum atomic E-state index is -1.50. The number of benzene rings is 1. The lowest BCUT2D eigenvalue weighted by molar-refractivity contribution is -0.385. The van der Waals surface area contributed by atoms with Gasteiger partial charge in [-0.05, 0) is 19.9 Å². The lowest BCUT2D eigenvalue weighted by atomic mass is 10.0. The quantitative estimate of drug-likeness (QED) is 0.517. The van der Waals surface area contributed by atoms with E-state index in [1.54, 1.807) is 0 Å². The van der Waals surface area contributed by atoms with Crippen molar-refractivity contribution >= 4 is 17.6 Å². The van der Waals surface area contributed by atoms with Crippen LogP contribution in [0.1, 0.15) is 24.2 Å². The van der Waals surface area contributed by atoms with E-state index in [0.717, 1.165) is 7.11 Å². The summed E-state index contributed by atoms with van der Waals surface area (Å²) in [6.07, 6.45) is 0. The standard InChI is InChI=1S/C12H12F2N2O5/c1-12(2,11(18)21-3)15-10(17)6-4-7(13)8(14)5-9(6)16(19)20/h4-5H,1-3H3,(H,15,17). The van der Waals surface area contributed by atoms with Crippen LogP contribution in [0, 0.1) is 21.7 Å². The van der Waals surface area contributed by atoms with E-state index in [1.807, 2.05) is 0 Å². The van der Waals surface area contributed by atoms with Crippen LogP contribution in [-0.4, -0.2) is 29.4 Å². The van der Waals surface area contributed by atoms with Crippen molar-refractivity contribution in [1.29, 1.82) is 0 Å². The van der Waals surface area contributed by atoms with Gasteiger partial charge >= 0.3 is 5.97 Å². The first-order valence-electron chi connectivity index (χ1n) is 5.64. The zero-order valence-corrected chi connectivity index (χ0v) is 11.4. The number of nitrogens with zero attached hydrogens (tertiary/aromatic N) is 1. The lowest BCUT2D eigenvalue weighted by Gasteiger charge is -2.22. The molecule has 0 aromatic heterocycles. The highest BCUT2D eigenvalue weighted by atomic mass is 19.2. The third kappa shape index (κ3) is 3.50. The van der Waals surface area contributed by atoms with E-state index in [9.17, 15) is 28.5 Å². The number of methoxy groups -OCH3 is 1. The van der Waals surface area contributed by atoms with Crippen molar-refractivity contribution < 1.29 is 28.0 Å². The van der Waals surface area contributed by atoms with Crippen molar-refractivity contribution in [3.05, 3.63) is 39.4 Å². The van der Waals surface area contributed by atoms with Crippen LogP contribution in [0.15, 0.2) is 12.1 Å². The first-order valence-corrected chi connectivity index (χ1v) is 5.64. The van der Waals surface area contributed by atoms with Crippen molar-refractivity contribution in [3.63, 3.8) is 0 Å². The highest BCUT2D eigenvalue weighted by Gasteiger charge is 2.33. The van der Waals surface area contributed by atoms with Gasteiger partial charge in [0.15, 0.2) is 11.6 Å². The number of nitrogens with one attached hydrogen (secondary N) is 1. The van der Waals surface area contributed by atoms with Gasteiger partial charge in [-0.15, -0.1) is 0 Å². The van der Waals surface area contributed by atoms with Crippen molar-refractivity contribution in [2.45, 2.75) is 19.4 Å². The Morgan fingerprint density at radius 2 is 1.81 bits per heavy atom. The minimum absolute atomic E-state index is 0.301. The average molecular weight is 302 g/mol. The van der Waals surface area contributed by atoms with Crippen LogP contribution in [0.4, 0.5) is 14.5 Å². The molecule has 0 radical (unpaired) electrons. The van der Waals surface area contributed by atoms with E-state index < -0.39 is 45.2 Å². The Balaban J connectivity index is 3.22. The first-order chi connectivity index (χ1) is 9.60. The van der Waals surface area contributed by atoms with Gasteiger partial charge in [-0.25, -0.2) is 13.6 Å². The molecule has 0 aliphatic heterocycles. The summed E-state index contributed by atoms with van der Waals surface area (Å²) in [4.78, 5) is 33.2. The smallest absolute Gasteiger partial charge is 0.330 e. The third-order valence-electron chi connectivity index (χ3n) is 2.60. The molecule has 0 heterocycles. The Labute approximate surface area is 118 Å². The number of halogens is 2. The van der Waals surface area contributed by atoms with Gasteiger partial charge < -0.3 is 10.1 Å². The number of hydrogen-bond acceptors (Lipinski definition) is 5. The second-order valence-electron chi connectivity index (χ2n) is 4.61. The van der Waals surface area contributed by atoms with Crippen LogP contribution in [0.3, 0.4) is 0 Å². The molecule has 7 nitrogen and oxygen atoms in total. The molecule has 1 N–H and O–H groups in total. The molecule has 0 aliphatic rings. The largest absolute Gasteiger partial charge is 0.467 e. The SMILES string of the molecule is COC(=O)C(C)(C)NC(=O)c1cc(F)c(F)cc1[N+](=O)[O-]. The molecule has 114 valence electrons. The normalized spacial score (nSPS) is 10.9. The van der Waals surface area contributed by atoms with E-state index in [2.05, 4.69) is 10.1 Å². The zero-order valence-electron chi connectivity index (χ0n) is 11.4. The van der Waals surface area contributed by atoms with E-state index in [4.69, 9.17) is 0 Å². The molecule has 21 heavy (non-hydrogen) atoms. The van der Waals surface area contributed by atoms with Crippen LogP contribution in [0.2, 0.25) is 0 Å². The summed E-state index contributed by atoms with van der Waals surface area (Å²) in [5.41, 5.74) is -3.10. The molecule has 0 saturated heterocycles. The molecule has 0 aliphatic carbocycles. The minimum Gasteiger partial charge on any atom is -0.467 e. The Morgan fingerprint density at radius 1 is 1.29 bits per heavy atom. The van der Waals surface area contributed by atoms with Crippen LogP contribution in [0.5, 0.6) is 0 Å². The van der Waals surface area contributed by atoms with Crippen molar-refractivity contribution in [1.82, 2.24) is 5.32 Å². The summed E-state index contributed by atoms with van der Waals surface area (Å²) in [7, 11) is 1.09. The second-order valence-corrected chi connectivity index (χ2v) is 4.61. The number of carbonyl (C=O) groups excluding carboxylic acids is 2. The molecule has 0 spiro atoms. The number of esters is 1. The second kappa shape index (κ2) is 5.81. The number of carbonyl (C=O) groups is 2. The summed E-state index contributed by atoms with van der Waals surface area (Å²) >= 11 is 0. The molecule has 1 aromatic rings. The molecule has 1 aromatic carbocycles. The van der Waals surface area contributed by atoms with E-state index in [1.165, 1.54) is 13.8 Å². The van der Waals surface area contributed by atoms with E-state index in [-0.39, 0.29) is 0 Å². The molecule has 1 amide bonds. The molecule has 0 atom stereocenters. The van der Waals surface area contributed by atoms with Crippen LogP contribution in [-0.2, 0) is 9.53 Å². The summed E-state index contributed by atoms with van der Waals surface area (Å²) in [6.45, 7) is 2.59. The van der Waals surface area contributed by atoms with Gasteiger partial charge in [-0.3, -0.25) is 14.9 Å². The van der Waals surface area contributed by atoms with Gasteiger partial charge in [0.1, 0.15) is 11.1 Å². The number of amides is 1. The topological polar surface area (TPSA) is 98.5 Å². The maximum atomic E-state index is 13.2. The van der Waals surface area contributed by atoms with Crippen LogP contribution in [0.25, 0.3) is 0 Å². The van der Waals surface area contributed by atoms with Crippen molar-refractivity contribution in [2.75, 3.05) is 7.11 Å². The predicted octanol–water partition coefficient (Wildman–Crippen LogP) is 1.55. The fraction of sp³-hybridized carbons (Fsp3) is 0.333. The van der Waals surface area contributed by atoms with Gasteiger partial charge in [0.05, 0.1) is 18.1 Å². The molecule has 0 fully saturated rings. The molecule has 1 rings (SSSR count). The van der Waals surface area contributed by atoms with E-state index in [0.29, 0.717) is 12.1 Å². The van der Waals surface area contributed by atoms with Gasteiger partial charge in [-0.1, -0.05) is 0 Å². The Morgan fingerprint density at radius 3 is 2.29 bits per heavy atom. The fourth-order valence-electron chi connectivity index (χ4n) is 1.53. The first kappa shape index (κ1) is 16.5. The van der Waals surface area contributed by atoms with E-state index >= 15 is 0 Å². The number of hydrogen-bond donors (Lipinski definition) is 1. The summed E-state index contributed by atoms with van der Waals surface area (Å²) in [5.74, 6) is -4.77. The number of nitro groups is 1. The highest BCUT2D eigenvalue weighted by molar-refractivity contribution is 6.01. The Hall–Kier alpha value is -2.58. The maximum absolute atomic E-state index is 13.2.